The monoisotopic (exact) mass is 268 g/mol. The molecule has 0 saturated carbocycles. The molecule has 2 heterocycles. The lowest BCUT2D eigenvalue weighted by Gasteiger charge is -2.52. The molecule has 6 nitrogen and oxygen atoms in total. The second-order valence-electron chi connectivity index (χ2n) is 5.73. The van der Waals surface area contributed by atoms with Crippen molar-refractivity contribution in [3.05, 3.63) is 0 Å². The highest BCUT2D eigenvalue weighted by atomic mass is 16.4. The Balaban J connectivity index is 2.16. The van der Waals surface area contributed by atoms with E-state index in [0.29, 0.717) is 19.5 Å². The lowest BCUT2D eigenvalue weighted by molar-refractivity contribution is -0.176. The summed E-state index contributed by atoms with van der Waals surface area (Å²) >= 11 is 0. The standard InChI is InChI=1S/C13H20N2O4/c1-8(2)10(16)15-6-4-5-13(15)7-14(12(13)19)9(3)11(17)18/h8-9H,4-7H2,1-3H3,(H,17,18). The van der Waals surface area contributed by atoms with Crippen LogP contribution in [0.2, 0.25) is 0 Å². The average Bonchev–Trinajstić information content (AvgIpc) is 2.80. The van der Waals surface area contributed by atoms with Gasteiger partial charge in [-0.1, -0.05) is 13.8 Å². The summed E-state index contributed by atoms with van der Waals surface area (Å²) in [6, 6.07) is -0.824. The number of aliphatic carboxylic acids is 1. The fourth-order valence-electron chi connectivity index (χ4n) is 2.94. The molecule has 6 heteroatoms. The highest BCUT2D eigenvalue weighted by Crippen LogP contribution is 2.40. The highest BCUT2D eigenvalue weighted by molar-refractivity contribution is 5.99. The fourth-order valence-corrected chi connectivity index (χ4v) is 2.94. The molecule has 106 valence electrons. The predicted octanol–water partition coefficient (Wildman–Crippen LogP) is 0.319. The van der Waals surface area contributed by atoms with E-state index >= 15 is 0 Å². The minimum absolute atomic E-state index is 0.0199. The van der Waals surface area contributed by atoms with Crippen molar-refractivity contribution in [3.63, 3.8) is 0 Å². The molecule has 2 atom stereocenters. The zero-order valence-corrected chi connectivity index (χ0v) is 11.5. The van der Waals surface area contributed by atoms with Gasteiger partial charge in [0.2, 0.25) is 5.91 Å². The van der Waals surface area contributed by atoms with Crippen molar-refractivity contribution in [3.8, 4) is 0 Å². The third kappa shape index (κ3) is 1.89. The maximum absolute atomic E-state index is 12.3. The Labute approximate surface area is 112 Å². The van der Waals surface area contributed by atoms with Gasteiger partial charge in [-0.3, -0.25) is 9.59 Å². The number of carbonyl (C=O) groups is 3. The number of carboxylic acid groups (broad SMARTS) is 1. The summed E-state index contributed by atoms with van der Waals surface area (Å²) in [7, 11) is 0. The van der Waals surface area contributed by atoms with Gasteiger partial charge in [0.1, 0.15) is 11.6 Å². The Bertz CT molecular complexity index is 434. The molecule has 2 saturated heterocycles. The van der Waals surface area contributed by atoms with Gasteiger partial charge in [-0.25, -0.2) is 4.79 Å². The summed E-state index contributed by atoms with van der Waals surface area (Å²) in [5, 5.41) is 8.96. The van der Waals surface area contributed by atoms with E-state index in [1.54, 1.807) is 4.90 Å². The molecule has 2 rings (SSSR count). The van der Waals surface area contributed by atoms with Crippen LogP contribution in [0.4, 0.5) is 0 Å². The van der Waals surface area contributed by atoms with Gasteiger partial charge < -0.3 is 14.9 Å². The second kappa shape index (κ2) is 4.51. The average molecular weight is 268 g/mol. The molecule has 2 unspecified atom stereocenters. The van der Waals surface area contributed by atoms with Gasteiger partial charge in [-0.05, 0) is 19.8 Å². The first kappa shape index (κ1) is 13.8. The summed E-state index contributed by atoms with van der Waals surface area (Å²) in [5.74, 6) is -1.39. The largest absolute Gasteiger partial charge is 0.480 e. The molecule has 2 amide bonds. The first-order valence-corrected chi connectivity index (χ1v) is 6.66. The summed E-state index contributed by atoms with van der Waals surface area (Å²) < 4.78 is 0. The molecule has 2 aliphatic rings. The van der Waals surface area contributed by atoms with Gasteiger partial charge in [0.25, 0.3) is 5.91 Å². The van der Waals surface area contributed by atoms with E-state index in [-0.39, 0.29) is 17.7 Å². The number of rotatable bonds is 3. The van der Waals surface area contributed by atoms with Gasteiger partial charge >= 0.3 is 5.97 Å². The van der Waals surface area contributed by atoms with E-state index < -0.39 is 17.6 Å². The molecule has 1 N–H and O–H groups in total. The van der Waals surface area contributed by atoms with Crippen molar-refractivity contribution < 1.29 is 19.5 Å². The number of hydrogen-bond donors (Lipinski definition) is 1. The van der Waals surface area contributed by atoms with Crippen LogP contribution in [0.15, 0.2) is 0 Å². The van der Waals surface area contributed by atoms with Crippen molar-refractivity contribution in [2.45, 2.75) is 45.2 Å². The van der Waals surface area contributed by atoms with Gasteiger partial charge in [-0.2, -0.15) is 0 Å². The highest BCUT2D eigenvalue weighted by Gasteiger charge is 2.61. The Morgan fingerprint density at radius 2 is 1.95 bits per heavy atom. The summed E-state index contributed by atoms with van der Waals surface area (Å²) in [6.45, 7) is 6.07. The molecule has 2 fully saturated rings. The zero-order chi connectivity index (χ0) is 14.4. The first-order valence-electron chi connectivity index (χ1n) is 6.66. The van der Waals surface area contributed by atoms with E-state index in [0.717, 1.165) is 6.42 Å². The van der Waals surface area contributed by atoms with Gasteiger partial charge in [0.05, 0.1) is 6.54 Å². The molecule has 0 aromatic carbocycles. The van der Waals surface area contributed by atoms with Gasteiger partial charge in [-0.15, -0.1) is 0 Å². The molecule has 2 aliphatic heterocycles. The number of amides is 2. The zero-order valence-electron chi connectivity index (χ0n) is 11.5. The smallest absolute Gasteiger partial charge is 0.326 e. The molecular weight excluding hydrogens is 248 g/mol. The van der Waals surface area contributed by atoms with Gasteiger partial charge in [0.15, 0.2) is 0 Å². The maximum Gasteiger partial charge on any atom is 0.326 e. The maximum atomic E-state index is 12.3. The fraction of sp³-hybridized carbons (Fsp3) is 0.769. The molecule has 0 aliphatic carbocycles. The number of nitrogens with zero attached hydrogens (tertiary/aromatic N) is 2. The van der Waals surface area contributed by atoms with Gasteiger partial charge in [0, 0.05) is 12.5 Å². The van der Waals surface area contributed by atoms with Crippen LogP contribution in [-0.2, 0) is 14.4 Å². The molecule has 19 heavy (non-hydrogen) atoms. The topological polar surface area (TPSA) is 77.9 Å². The summed E-state index contributed by atoms with van der Waals surface area (Å²) in [5.41, 5.74) is -0.759. The lowest BCUT2D eigenvalue weighted by atomic mass is 9.84. The van der Waals surface area contributed by atoms with Crippen molar-refractivity contribution in [2.24, 2.45) is 5.92 Å². The van der Waals surface area contributed by atoms with Crippen molar-refractivity contribution in [1.29, 1.82) is 0 Å². The van der Waals surface area contributed by atoms with Crippen LogP contribution >= 0.6 is 0 Å². The van der Waals surface area contributed by atoms with E-state index in [9.17, 15) is 14.4 Å². The van der Waals surface area contributed by atoms with Crippen molar-refractivity contribution >= 4 is 17.8 Å². The third-order valence-electron chi connectivity index (χ3n) is 4.16. The Morgan fingerprint density at radius 3 is 2.42 bits per heavy atom. The second-order valence-corrected chi connectivity index (χ2v) is 5.73. The predicted molar refractivity (Wildman–Crippen MR) is 67.3 cm³/mol. The molecule has 0 aromatic heterocycles. The van der Waals surface area contributed by atoms with Crippen LogP contribution in [0.3, 0.4) is 0 Å². The van der Waals surface area contributed by atoms with Crippen LogP contribution in [0, 0.1) is 5.92 Å². The van der Waals surface area contributed by atoms with Crippen LogP contribution < -0.4 is 0 Å². The van der Waals surface area contributed by atoms with Crippen LogP contribution in [-0.4, -0.2) is 57.4 Å². The SMILES string of the molecule is CC(C)C(=O)N1CCCC12CN(C(C)C(=O)O)C2=O. The van der Waals surface area contributed by atoms with Crippen LogP contribution in [0.25, 0.3) is 0 Å². The Kier molecular flexibility index (Phi) is 3.28. The lowest BCUT2D eigenvalue weighted by Crippen LogP contribution is -2.75. The Hall–Kier alpha value is -1.59. The number of carbonyl (C=O) groups excluding carboxylic acids is 2. The molecule has 1 spiro atoms. The normalized spacial score (nSPS) is 27.9. The number of hydrogen-bond acceptors (Lipinski definition) is 3. The summed E-state index contributed by atoms with van der Waals surface area (Å²) in [6.07, 6.45) is 1.45. The third-order valence-corrected chi connectivity index (χ3v) is 4.16. The number of carboxylic acids is 1. The van der Waals surface area contributed by atoms with Crippen molar-refractivity contribution in [2.75, 3.05) is 13.1 Å². The van der Waals surface area contributed by atoms with E-state index in [4.69, 9.17) is 5.11 Å². The molecular formula is C13H20N2O4. The number of β-lactam (4-membered cyclic amide) rings is 1. The minimum Gasteiger partial charge on any atom is -0.480 e. The molecule has 0 radical (unpaired) electrons. The quantitative estimate of drug-likeness (QED) is 0.748. The molecule has 0 bridgehead atoms. The Morgan fingerprint density at radius 1 is 1.32 bits per heavy atom. The van der Waals surface area contributed by atoms with E-state index in [1.807, 2.05) is 13.8 Å². The minimum atomic E-state index is -1.01. The molecule has 0 aromatic rings. The summed E-state index contributed by atoms with van der Waals surface area (Å²) in [4.78, 5) is 38.4. The first-order chi connectivity index (χ1) is 8.81. The van der Waals surface area contributed by atoms with E-state index in [2.05, 4.69) is 0 Å². The van der Waals surface area contributed by atoms with Crippen molar-refractivity contribution in [1.82, 2.24) is 9.80 Å². The van der Waals surface area contributed by atoms with E-state index in [1.165, 1.54) is 11.8 Å². The van der Waals surface area contributed by atoms with Crippen LogP contribution in [0.5, 0.6) is 0 Å². The number of likely N-dealkylation sites (tertiary alicyclic amines) is 2. The van der Waals surface area contributed by atoms with Crippen LogP contribution in [0.1, 0.15) is 33.6 Å².